The maximum absolute atomic E-state index is 12.8. The van der Waals surface area contributed by atoms with Crippen molar-refractivity contribution in [3.05, 3.63) is 29.3 Å². The monoisotopic (exact) mass is 400 g/mol. The Hall–Kier alpha value is -2.08. The largest absolute Gasteiger partial charge is 0.496 e. The molecule has 0 aromatic heterocycles. The number of hydrogen-bond donors (Lipinski definition) is 0. The lowest BCUT2D eigenvalue weighted by Crippen LogP contribution is -2.49. The lowest BCUT2D eigenvalue weighted by molar-refractivity contribution is -0.141. The Morgan fingerprint density at radius 1 is 1.14 bits per heavy atom. The van der Waals surface area contributed by atoms with Crippen molar-refractivity contribution in [3.8, 4) is 5.75 Å². The minimum absolute atomic E-state index is 0.146. The zero-order valence-electron chi connectivity index (χ0n) is 17.5. The third-order valence-electron chi connectivity index (χ3n) is 6.73. The molecule has 2 fully saturated rings. The zero-order valence-corrected chi connectivity index (χ0v) is 17.5. The molecular formula is C23H32N2O4. The predicted molar refractivity (Wildman–Crippen MR) is 110 cm³/mol. The number of piperidine rings is 1. The van der Waals surface area contributed by atoms with E-state index in [9.17, 15) is 9.59 Å². The van der Waals surface area contributed by atoms with E-state index in [1.54, 1.807) is 7.11 Å². The van der Waals surface area contributed by atoms with Gasteiger partial charge in [-0.05, 0) is 43.7 Å². The van der Waals surface area contributed by atoms with Gasteiger partial charge in [-0.25, -0.2) is 0 Å². The highest BCUT2D eigenvalue weighted by Gasteiger charge is 2.43. The summed E-state index contributed by atoms with van der Waals surface area (Å²) in [6, 6.07) is 6.21. The van der Waals surface area contributed by atoms with E-state index in [4.69, 9.17) is 9.47 Å². The molecule has 4 rings (SSSR count). The second-order valence-electron chi connectivity index (χ2n) is 8.41. The van der Waals surface area contributed by atoms with Crippen LogP contribution in [-0.4, -0.2) is 61.5 Å². The fourth-order valence-electron chi connectivity index (χ4n) is 5.08. The van der Waals surface area contributed by atoms with E-state index in [2.05, 4.69) is 6.07 Å². The zero-order chi connectivity index (χ0) is 20.3. The lowest BCUT2D eigenvalue weighted by atomic mass is 9.78. The predicted octanol–water partition coefficient (Wildman–Crippen LogP) is 2.88. The summed E-state index contributed by atoms with van der Waals surface area (Å²) in [6.45, 7) is 3.42. The van der Waals surface area contributed by atoms with Gasteiger partial charge in [0.2, 0.25) is 11.8 Å². The van der Waals surface area contributed by atoms with Crippen LogP contribution in [0.15, 0.2) is 18.2 Å². The van der Waals surface area contributed by atoms with Gasteiger partial charge in [-0.15, -0.1) is 0 Å². The molecule has 0 saturated carbocycles. The van der Waals surface area contributed by atoms with E-state index < -0.39 is 0 Å². The lowest BCUT2D eigenvalue weighted by Gasteiger charge is -2.45. The molecule has 158 valence electrons. The third kappa shape index (κ3) is 4.13. The smallest absolute Gasteiger partial charge is 0.224 e. The van der Waals surface area contributed by atoms with Crippen molar-refractivity contribution in [2.45, 2.75) is 57.0 Å². The Bertz CT molecular complexity index is 741. The number of nitrogens with zero attached hydrogens (tertiary/aromatic N) is 2. The third-order valence-corrected chi connectivity index (χ3v) is 6.73. The topological polar surface area (TPSA) is 59.1 Å². The molecule has 1 aromatic rings. The van der Waals surface area contributed by atoms with Crippen LogP contribution in [0, 0.1) is 0 Å². The fourth-order valence-corrected chi connectivity index (χ4v) is 5.08. The molecule has 29 heavy (non-hydrogen) atoms. The van der Waals surface area contributed by atoms with E-state index in [1.807, 2.05) is 21.9 Å². The van der Waals surface area contributed by atoms with Gasteiger partial charge in [-0.1, -0.05) is 18.6 Å². The standard InChI is InChI=1S/C23H32N2O4/c1-28-19-7-5-6-18-10-17-29-23(22(18)19)11-15-25(16-12-23)21(27)9-14-24-13-4-2-3-8-20(24)26/h5-7H,2-4,8-17H2,1H3. The van der Waals surface area contributed by atoms with Crippen molar-refractivity contribution in [2.24, 2.45) is 0 Å². The Morgan fingerprint density at radius 3 is 2.76 bits per heavy atom. The molecule has 1 aromatic carbocycles. The van der Waals surface area contributed by atoms with Gasteiger partial charge in [0.1, 0.15) is 11.4 Å². The number of benzene rings is 1. The summed E-state index contributed by atoms with van der Waals surface area (Å²) in [6.07, 6.45) is 6.64. The van der Waals surface area contributed by atoms with Crippen LogP contribution < -0.4 is 4.74 Å². The van der Waals surface area contributed by atoms with Gasteiger partial charge in [-0.2, -0.15) is 0 Å². The van der Waals surface area contributed by atoms with Crippen molar-refractivity contribution >= 4 is 11.8 Å². The summed E-state index contributed by atoms with van der Waals surface area (Å²) < 4.78 is 12.0. The van der Waals surface area contributed by atoms with Crippen LogP contribution in [0.1, 0.15) is 56.1 Å². The van der Waals surface area contributed by atoms with Crippen LogP contribution in [0.3, 0.4) is 0 Å². The van der Waals surface area contributed by atoms with Crippen LogP contribution in [0.25, 0.3) is 0 Å². The van der Waals surface area contributed by atoms with E-state index in [0.717, 1.165) is 50.8 Å². The van der Waals surface area contributed by atoms with Crippen LogP contribution in [-0.2, 0) is 26.3 Å². The number of carbonyl (C=O) groups excluding carboxylic acids is 2. The molecule has 6 nitrogen and oxygen atoms in total. The summed E-state index contributed by atoms with van der Waals surface area (Å²) in [5, 5.41) is 0. The van der Waals surface area contributed by atoms with Crippen molar-refractivity contribution in [3.63, 3.8) is 0 Å². The number of likely N-dealkylation sites (tertiary alicyclic amines) is 2. The first-order valence-corrected chi connectivity index (χ1v) is 11.0. The first kappa shape index (κ1) is 20.2. The van der Waals surface area contributed by atoms with Gasteiger partial charge in [0.15, 0.2) is 0 Å². The van der Waals surface area contributed by atoms with Crippen LogP contribution in [0.4, 0.5) is 0 Å². The van der Waals surface area contributed by atoms with Gasteiger partial charge in [-0.3, -0.25) is 9.59 Å². The Labute approximate surface area is 173 Å². The van der Waals surface area contributed by atoms with E-state index in [1.165, 1.54) is 11.1 Å². The molecule has 3 heterocycles. The molecule has 0 N–H and O–H groups in total. The molecule has 0 unspecified atom stereocenters. The first-order chi connectivity index (χ1) is 14.1. The van der Waals surface area contributed by atoms with Crippen molar-refractivity contribution in [1.82, 2.24) is 9.80 Å². The summed E-state index contributed by atoms with van der Waals surface area (Å²) in [7, 11) is 1.71. The van der Waals surface area contributed by atoms with Crippen LogP contribution >= 0.6 is 0 Å². The molecule has 2 amide bonds. The number of hydrogen-bond acceptors (Lipinski definition) is 4. The number of carbonyl (C=O) groups is 2. The Balaban J connectivity index is 1.38. The summed E-state index contributed by atoms with van der Waals surface area (Å²) >= 11 is 0. The number of methoxy groups -OCH3 is 1. The van der Waals surface area contributed by atoms with Crippen molar-refractivity contribution < 1.29 is 19.1 Å². The van der Waals surface area contributed by atoms with E-state index >= 15 is 0 Å². The Morgan fingerprint density at radius 2 is 1.97 bits per heavy atom. The summed E-state index contributed by atoms with van der Waals surface area (Å²) in [5.74, 6) is 1.24. The van der Waals surface area contributed by atoms with E-state index in [-0.39, 0.29) is 17.4 Å². The first-order valence-electron chi connectivity index (χ1n) is 11.0. The number of fused-ring (bicyclic) bond motifs is 2. The number of amides is 2. The van der Waals surface area contributed by atoms with Gasteiger partial charge < -0.3 is 19.3 Å². The molecule has 2 saturated heterocycles. The molecule has 3 aliphatic rings. The molecule has 0 radical (unpaired) electrons. The highest BCUT2D eigenvalue weighted by atomic mass is 16.5. The SMILES string of the molecule is COc1cccc2c1C1(CCN(C(=O)CCN3CCCCCC3=O)CC1)OCC2. The summed E-state index contributed by atoms with van der Waals surface area (Å²) in [4.78, 5) is 28.8. The van der Waals surface area contributed by atoms with Crippen molar-refractivity contribution in [2.75, 3.05) is 39.9 Å². The second kappa shape index (κ2) is 8.74. The van der Waals surface area contributed by atoms with Gasteiger partial charge in [0.25, 0.3) is 0 Å². The molecule has 0 bridgehead atoms. The number of ether oxygens (including phenoxy) is 2. The minimum atomic E-state index is -0.349. The molecule has 1 spiro atoms. The fraction of sp³-hybridized carbons (Fsp3) is 0.652. The molecule has 3 aliphatic heterocycles. The average Bonchev–Trinajstić information content (AvgIpc) is 2.96. The van der Waals surface area contributed by atoms with Crippen molar-refractivity contribution in [1.29, 1.82) is 0 Å². The van der Waals surface area contributed by atoms with Gasteiger partial charge in [0, 0.05) is 44.6 Å². The molecule has 0 atom stereocenters. The summed E-state index contributed by atoms with van der Waals surface area (Å²) in [5.41, 5.74) is 2.13. The maximum atomic E-state index is 12.8. The van der Waals surface area contributed by atoms with E-state index in [0.29, 0.717) is 39.1 Å². The molecule has 0 aliphatic carbocycles. The van der Waals surface area contributed by atoms with Gasteiger partial charge in [0.05, 0.1) is 13.7 Å². The quantitative estimate of drug-likeness (QED) is 0.780. The number of rotatable bonds is 4. The normalized spacial score (nSPS) is 21.6. The average molecular weight is 401 g/mol. The second-order valence-corrected chi connectivity index (χ2v) is 8.41. The highest BCUT2D eigenvalue weighted by molar-refractivity contribution is 5.79. The molecular weight excluding hydrogens is 368 g/mol. The Kier molecular flexibility index (Phi) is 6.09. The maximum Gasteiger partial charge on any atom is 0.224 e. The van der Waals surface area contributed by atoms with Gasteiger partial charge >= 0.3 is 0 Å². The molecule has 6 heteroatoms. The minimum Gasteiger partial charge on any atom is -0.496 e. The van der Waals surface area contributed by atoms with Crippen LogP contribution in [0.5, 0.6) is 5.75 Å². The highest BCUT2D eigenvalue weighted by Crippen LogP contribution is 2.45. The van der Waals surface area contributed by atoms with Crippen LogP contribution in [0.2, 0.25) is 0 Å².